The Morgan fingerprint density at radius 2 is 1.74 bits per heavy atom. The van der Waals surface area contributed by atoms with Gasteiger partial charge in [0, 0.05) is 0 Å². The predicted molar refractivity (Wildman–Crippen MR) is 117 cm³/mol. The molecule has 0 fully saturated rings. The number of nitrogens with one attached hydrogen (secondary N) is 3. The molecule has 0 spiro atoms. The highest BCUT2D eigenvalue weighted by Gasteiger charge is 2.29. The van der Waals surface area contributed by atoms with Crippen LogP contribution in [0.4, 0.5) is 0 Å². The van der Waals surface area contributed by atoms with Crippen LogP contribution in [0.5, 0.6) is 0 Å². The van der Waals surface area contributed by atoms with Gasteiger partial charge in [-0.3, -0.25) is 14.4 Å². The van der Waals surface area contributed by atoms with Crippen molar-refractivity contribution in [2.24, 2.45) is 5.73 Å². The first kappa shape index (κ1) is 26.4. The third kappa shape index (κ3) is 9.81. The minimum Gasteiger partial charge on any atom is -0.480 e. The summed E-state index contributed by atoms with van der Waals surface area (Å²) in [4.78, 5) is 48.0. The number of aliphatic hydroxyl groups excluding tert-OH is 1. The fourth-order valence-corrected chi connectivity index (χ4v) is 3.11. The first-order valence-electron chi connectivity index (χ1n) is 9.72. The molecule has 4 atom stereocenters. The number of carboxylic acid groups (broad SMARTS) is 1. The Hall–Kier alpha value is -2.63. The summed E-state index contributed by atoms with van der Waals surface area (Å²) in [5.41, 5.74) is 6.72. The molecule has 4 unspecified atom stereocenters. The zero-order valence-corrected chi connectivity index (χ0v) is 18.4. The van der Waals surface area contributed by atoms with Crippen LogP contribution in [0.1, 0.15) is 18.9 Å². The summed E-state index contributed by atoms with van der Waals surface area (Å²) in [5, 5.41) is 26.1. The standard InChI is InChI=1S/C20H30N4O6S/c1-12(25)17(19(28)23-15(20(29)30)8-9-31-2)24-16(26)11-22-18(27)14(21)10-13-6-4-3-5-7-13/h3-7,12,14-15,17,25H,8-11,21H2,1-2H3,(H,22,27)(H,23,28)(H,24,26)(H,29,30). The number of aliphatic hydroxyl groups is 1. The maximum Gasteiger partial charge on any atom is 0.326 e. The van der Waals surface area contributed by atoms with Crippen LogP contribution in [0.15, 0.2) is 30.3 Å². The van der Waals surface area contributed by atoms with Crippen LogP contribution in [0.25, 0.3) is 0 Å². The normalized spacial score (nSPS) is 14.6. The SMILES string of the molecule is CSCCC(NC(=O)C(NC(=O)CNC(=O)C(N)Cc1ccccc1)C(C)O)C(=O)O. The first-order valence-corrected chi connectivity index (χ1v) is 11.1. The van der Waals surface area contributed by atoms with E-state index in [4.69, 9.17) is 5.73 Å². The lowest BCUT2D eigenvalue weighted by molar-refractivity contribution is -0.143. The van der Waals surface area contributed by atoms with E-state index in [0.29, 0.717) is 12.2 Å². The van der Waals surface area contributed by atoms with Crippen molar-refractivity contribution in [1.29, 1.82) is 0 Å². The Kier molecular flexibility index (Phi) is 11.6. The molecule has 1 aromatic carbocycles. The van der Waals surface area contributed by atoms with E-state index in [0.717, 1.165) is 5.56 Å². The second-order valence-electron chi connectivity index (χ2n) is 6.98. The molecule has 0 aromatic heterocycles. The molecule has 11 heteroatoms. The van der Waals surface area contributed by atoms with Crippen LogP contribution in [0.2, 0.25) is 0 Å². The molecule has 3 amide bonds. The molecule has 0 radical (unpaired) electrons. The zero-order chi connectivity index (χ0) is 23.4. The van der Waals surface area contributed by atoms with Gasteiger partial charge in [-0.2, -0.15) is 11.8 Å². The average Bonchev–Trinajstić information content (AvgIpc) is 2.73. The van der Waals surface area contributed by atoms with E-state index < -0.39 is 54.5 Å². The van der Waals surface area contributed by atoms with Crippen LogP contribution in [0.3, 0.4) is 0 Å². The van der Waals surface area contributed by atoms with Gasteiger partial charge in [0.25, 0.3) is 0 Å². The molecule has 0 bridgehead atoms. The monoisotopic (exact) mass is 454 g/mol. The maximum atomic E-state index is 12.4. The number of carbonyl (C=O) groups is 4. The third-order valence-electron chi connectivity index (χ3n) is 4.36. The first-order chi connectivity index (χ1) is 14.6. The molecule has 0 saturated carbocycles. The lowest BCUT2D eigenvalue weighted by Crippen LogP contribution is -2.57. The van der Waals surface area contributed by atoms with Crippen molar-refractivity contribution in [1.82, 2.24) is 16.0 Å². The van der Waals surface area contributed by atoms with Gasteiger partial charge >= 0.3 is 5.97 Å². The summed E-state index contributed by atoms with van der Waals surface area (Å²) in [6.45, 7) is 0.837. The van der Waals surface area contributed by atoms with E-state index in [1.165, 1.54) is 18.7 Å². The number of rotatable bonds is 13. The van der Waals surface area contributed by atoms with Crippen molar-refractivity contribution in [3.63, 3.8) is 0 Å². The number of nitrogens with two attached hydrogens (primary N) is 1. The number of hydrogen-bond donors (Lipinski definition) is 6. The Labute approximate surface area is 185 Å². The third-order valence-corrected chi connectivity index (χ3v) is 5.01. The van der Waals surface area contributed by atoms with Gasteiger partial charge < -0.3 is 31.9 Å². The molecule has 1 rings (SSSR count). The summed E-state index contributed by atoms with van der Waals surface area (Å²) in [6.07, 6.45) is 1.01. The van der Waals surface area contributed by atoms with Crippen molar-refractivity contribution >= 4 is 35.5 Å². The van der Waals surface area contributed by atoms with Crippen LogP contribution in [-0.2, 0) is 25.6 Å². The molecule has 0 aliphatic rings. The van der Waals surface area contributed by atoms with Gasteiger partial charge in [-0.25, -0.2) is 4.79 Å². The van der Waals surface area contributed by atoms with Gasteiger partial charge in [-0.05, 0) is 37.3 Å². The number of aliphatic carboxylic acids is 1. The van der Waals surface area contributed by atoms with Gasteiger partial charge in [0.2, 0.25) is 17.7 Å². The summed E-state index contributed by atoms with van der Waals surface area (Å²) in [7, 11) is 0. The summed E-state index contributed by atoms with van der Waals surface area (Å²) in [6, 6.07) is 5.77. The summed E-state index contributed by atoms with van der Waals surface area (Å²) < 4.78 is 0. The Bertz CT molecular complexity index is 746. The molecular weight excluding hydrogens is 424 g/mol. The molecule has 0 aliphatic heterocycles. The molecule has 31 heavy (non-hydrogen) atoms. The number of carbonyl (C=O) groups excluding carboxylic acids is 3. The zero-order valence-electron chi connectivity index (χ0n) is 17.5. The lowest BCUT2D eigenvalue weighted by Gasteiger charge is -2.23. The number of carboxylic acids is 1. The molecule has 0 aliphatic carbocycles. The lowest BCUT2D eigenvalue weighted by atomic mass is 10.1. The van der Waals surface area contributed by atoms with Crippen molar-refractivity contribution in [3.05, 3.63) is 35.9 Å². The largest absolute Gasteiger partial charge is 0.480 e. The van der Waals surface area contributed by atoms with Gasteiger partial charge in [-0.15, -0.1) is 0 Å². The van der Waals surface area contributed by atoms with Gasteiger partial charge in [0.05, 0.1) is 18.7 Å². The Morgan fingerprint density at radius 1 is 1.10 bits per heavy atom. The van der Waals surface area contributed by atoms with Gasteiger partial charge in [0.1, 0.15) is 12.1 Å². The molecule has 0 heterocycles. The van der Waals surface area contributed by atoms with Crippen LogP contribution >= 0.6 is 11.8 Å². The number of hydrogen-bond acceptors (Lipinski definition) is 7. The molecule has 1 aromatic rings. The van der Waals surface area contributed by atoms with E-state index in [-0.39, 0.29) is 6.42 Å². The quantitative estimate of drug-likeness (QED) is 0.217. The highest BCUT2D eigenvalue weighted by Crippen LogP contribution is 2.03. The van der Waals surface area contributed by atoms with E-state index in [1.54, 1.807) is 6.26 Å². The van der Waals surface area contributed by atoms with E-state index in [1.807, 2.05) is 30.3 Å². The van der Waals surface area contributed by atoms with Crippen LogP contribution in [-0.4, -0.2) is 76.7 Å². The fourth-order valence-electron chi connectivity index (χ4n) is 2.64. The second-order valence-corrected chi connectivity index (χ2v) is 7.97. The minimum absolute atomic E-state index is 0.193. The topological polar surface area (TPSA) is 171 Å². The minimum atomic E-state index is -1.38. The van der Waals surface area contributed by atoms with E-state index >= 15 is 0 Å². The van der Waals surface area contributed by atoms with Gasteiger partial charge in [0.15, 0.2) is 0 Å². The Balaban J connectivity index is 2.57. The maximum absolute atomic E-state index is 12.4. The predicted octanol–water partition coefficient (Wildman–Crippen LogP) is -1.14. The van der Waals surface area contributed by atoms with E-state index in [9.17, 15) is 29.4 Å². The van der Waals surface area contributed by atoms with Crippen LogP contribution < -0.4 is 21.7 Å². The molecule has 172 valence electrons. The molecule has 10 nitrogen and oxygen atoms in total. The highest BCUT2D eigenvalue weighted by atomic mass is 32.2. The van der Waals surface area contributed by atoms with Gasteiger partial charge in [-0.1, -0.05) is 30.3 Å². The highest BCUT2D eigenvalue weighted by molar-refractivity contribution is 7.98. The number of benzene rings is 1. The van der Waals surface area contributed by atoms with Crippen molar-refractivity contribution in [2.75, 3.05) is 18.6 Å². The molecular formula is C20H30N4O6S. The molecule has 0 saturated heterocycles. The Morgan fingerprint density at radius 3 is 2.29 bits per heavy atom. The second kappa shape index (κ2) is 13.6. The number of thioether (sulfide) groups is 1. The number of amides is 3. The average molecular weight is 455 g/mol. The summed E-state index contributed by atoms with van der Waals surface area (Å²) in [5.74, 6) is -2.79. The van der Waals surface area contributed by atoms with Crippen molar-refractivity contribution in [3.8, 4) is 0 Å². The fraction of sp³-hybridized carbons (Fsp3) is 0.500. The summed E-state index contributed by atoms with van der Waals surface area (Å²) >= 11 is 1.43. The van der Waals surface area contributed by atoms with Crippen molar-refractivity contribution < 1.29 is 29.4 Å². The molecule has 7 N–H and O–H groups in total. The smallest absolute Gasteiger partial charge is 0.326 e. The van der Waals surface area contributed by atoms with Crippen molar-refractivity contribution in [2.45, 2.75) is 44.0 Å². The van der Waals surface area contributed by atoms with Crippen LogP contribution in [0, 0.1) is 0 Å². The van der Waals surface area contributed by atoms with E-state index in [2.05, 4.69) is 16.0 Å².